The third kappa shape index (κ3) is 9.70. The number of allylic oxidation sites excluding steroid dienone is 1. The topological polar surface area (TPSA) is 88.1 Å². The minimum atomic E-state index is -5.18. The number of ether oxygens (including phenoxy) is 4. The normalized spacial score (nSPS) is 28.1. The summed E-state index contributed by atoms with van der Waals surface area (Å²) in [7, 11) is 0.822. The Kier molecular flexibility index (Phi) is 14.5. The minimum absolute atomic E-state index is 0.0585. The van der Waals surface area contributed by atoms with Crippen molar-refractivity contribution in [3.05, 3.63) is 120 Å². The first-order valence-electron chi connectivity index (χ1n) is 22.4. The third-order valence-electron chi connectivity index (χ3n) is 14.7. The Labute approximate surface area is 366 Å². The second-order valence-corrected chi connectivity index (χ2v) is 19.5. The van der Waals surface area contributed by atoms with Crippen LogP contribution in [0.2, 0.25) is 0 Å². The van der Waals surface area contributed by atoms with E-state index in [1.54, 1.807) is 6.08 Å². The van der Waals surface area contributed by atoms with Gasteiger partial charge >= 0.3 is 24.1 Å². The summed E-state index contributed by atoms with van der Waals surface area (Å²) in [5.41, 5.74) is -2.35. The predicted molar refractivity (Wildman–Crippen MR) is 233 cm³/mol. The highest BCUT2D eigenvalue weighted by Gasteiger charge is 2.64. The zero-order valence-electron chi connectivity index (χ0n) is 37.5. The Balaban J connectivity index is 1.34. The molecule has 0 N–H and O–H groups in total. The number of methoxy groups -OCH3 is 1. The lowest BCUT2D eigenvalue weighted by Crippen LogP contribution is -2.53. The number of rotatable bonds is 13. The van der Waals surface area contributed by atoms with Crippen molar-refractivity contribution in [2.24, 2.45) is 41.4 Å². The summed E-state index contributed by atoms with van der Waals surface area (Å²) in [6.07, 6.45) is 0.440. The highest BCUT2D eigenvalue weighted by molar-refractivity contribution is 5.95. The molecule has 3 aliphatic rings. The number of hydrogen-bond donors (Lipinski definition) is 0. The maximum Gasteiger partial charge on any atom is 0.432 e. The number of halogens is 3. The highest BCUT2D eigenvalue weighted by Crippen LogP contribution is 2.48. The quantitative estimate of drug-likeness (QED) is 0.0732. The molecule has 0 aromatic heterocycles. The summed E-state index contributed by atoms with van der Waals surface area (Å²) in [4.78, 5) is 43.9. The summed E-state index contributed by atoms with van der Waals surface area (Å²) in [6.45, 7) is 14.8. The first-order chi connectivity index (χ1) is 29.3. The standard InChI is InChI=1S/C52H65F3O7/c1-33-24-28-41(49(4,5)36-18-12-9-13-19-36)43(30-33)61-46(56)45(47(57)62-44-31-34(2)25-29-42(44)50(6,7)37-20-14-10-15-21-37)40-32-39(27-26-35(40)3)60-48(58)51(59-8,52(53,54)55)38-22-16-11-17-23-38/h9-23,26-27,33-35,39-45H,24-25,28-32H2,1-8H3/t33-,34-,35-,39+,40+,41-,42-,43-,44-,51+/m1/s1. The van der Waals surface area contributed by atoms with Gasteiger partial charge in [0.25, 0.3) is 5.60 Å². The molecule has 3 aromatic carbocycles. The Morgan fingerprint density at radius 3 is 1.40 bits per heavy atom. The molecule has 336 valence electrons. The van der Waals surface area contributed by atoms with Crippen molar-refractivity contribution in [3.8, 4) is 0 Å². The van der Waals surface area contributed by atoms with Crippen molar-refractivity contribution in [1.82, 2.24) is 0 Å². The van der Waals surface area contributed by atoms with E-state index >= 15 is 9.59 Å². The van der Waals surface area contributed by atoms with Gasteiger partial charge in [0.1, 0.15) is 18.3 Å². The number of alkyl halides is 3. The van der Waals surface area contributed by atoms with Gasteiger partial charge in [-0.15, -0.1) is 0 Å². The number of hydrogen-bond acceptors (Lipinski definition) is 7. The van der Waals surface area contributed by atoms with Crippen LogP contribution in [0.15, 0.2) is 103 Å². The van der Waals surface area contributed by atoms with Gasteiger partial charge in [-0.3, -0.25) is 9.59 Å². The lowest BCUT2D eigenvalue weighted by atomic mass is 9.64. The smallest absolute Gasteiger partial charge is 0.432 e. The van der Waals surface area contributed by atoms with Gasteiger partial charge in [0.2, 0.25) is 0 Å². The second kappa shape index (κ2) is 19.1. The van der Waals surface area contributed by atoms with E-state index in [4.69, 9.17) is 18.9 Å². The summed E-state index contributed by atoms with van der Waals surface area (Å²) in [5.74, 6) is -5.39. The summed E-state index contributed by atoms with van der Waals surface area (Å²) >= 11 is 0. The average molecular weight is 859 g/mol. The molecule has 0 radical (unpaired) electrons. The molecule has 3 aromatic rings. The molecule has 0 unspecified atom stereocenters. The molecule has 7 nitrogen and oxygen atoms in total. The summed E-state index contributed by atoms with van der Waals surface area (Å²) < 4.78 is 68.7. The van der Waals surface area contributed by atoms with Crippen LogP contribution >= 0.6 is 0 Å². The molecule has 2 fully saturated rings. The van der Waals surface area contributed by atoms with Gasteiger partial charge in [0.15, 0.2) is 5.92 Å². The van der Waals surface area contributed by atoms with Crippen LogP contribution in [0.1, 0.15) is 110 Å². The molecule has 10 heteroatoms. The maximum atomic E-state index is 15.0. The lowest BCUT2D eigenvalue weighted by Gasteiger charge is -2.45. The van der Waals surface area contributed by atoms with E-state index in [9.17, 15) is 18.0 Å². The Bertz CT molecular complexity index is 1910. The molecule has 0 heterocycles. The van der Waals surface area contributed by atoms with Crippen LogP contribution in [0.25, 0.3) is 0 Å². The van der Waals surface area contributed by atoms with Crippen LogP contribution in [0.4, 0.5) is 13.2 Å². The summed E-state index contributed by atoms with van der Waals surface area (Å²) in [6, 6.07) is 26.9. The average Bonchev–Trinajstić information content (AvgIpc) is 3.23. The molecule has 0 bridgehead atoms. The molecular formula is C52H65F3O7. The first-order valence-corrected chi connectivity index (χ1v) is 22.4. The molecule has 62 heavy (non-hydrogen) atoms. The van der Waals surface area contributed by atoms with Crippen molar-refractivity contribution in [2.45, 2.75) is 134 Å². The van der Waals surface area contributed by atoms with Crippen molar-refractivity contribution in [1.29, 1.82) is 0 Å². The first kappa shape index (κ1) is 47.0. The van der Waals surface area contributed by atoms with Gasteiger partial charge in [-0.25, -0.2) is 4.79 Å². The fraction of sp³-hybridized carbons (Fsp3) is 0.558. The highest BCUT2D eigenvalue weighted by atomic mass is 19.4. The Morgan fingerprint density at radius 2 is 1.00 bits per heavy atom. The molecule has 6 rings (SSSR count). The zero-order valence-corrected chi connectivity index (χ0v) is 37.5. The van der Waals surface area contributed by atoms with Crippen LogP contribution in [-0.4, -0.2) is 49.5 Å². The van der Waals surface area contributed by atoms with Gasteiger partial charge in [0, 0.05) is 24.5 Å². The zero-order chi connectivity index (χ0) is 45.0. The lowest BCUT2D eigenvalue weighted by molar-refractivity contribution is -0.277. The third-order valence-corrected chi connectivity index (χ3v) is 14.7. The number of esters is 3. The molecular weight excluding hydrogens is 794 g/mol. The van der Waals surface area contributed by atoms with E-state index in [-0.39, 0.29) is 40.9 Å². The van der Waals surface area contributed by atoms with Gasteiger partial charge in [-0.2, -0.15) is 13.2 Å². The van der Waals surface area contributed by atoms with E-state index in [1.165, 1.54) is 36.4 Å². The fourth-order valence-electron chi connectivity index (χ4n) is 10.8. The predicted octanol–water partition coefficient (Wildman–Crippen LogP) is 11.5. The Hall–Kier alpha value is -4.44. The van der Waals surface area contributed by atoms with E-state index in [0.29, 0.717) is 12.8 Å². The monoisotopic (exact) mass is 858 g/mol. The number of benzene rings is 3. The number of carbonyl (C=O) groups is 3. The maximum absolute atomic E-state index is 15.0. The molecule has 0 saturated heterocycles. The SMILES string of the molecule is CO[C@](C(=O)O[C@H]1C=C[C@@H](C)[C@@H](C(C(=O)O[C@@H]2C[C@H](C)CC[C@H]2C(C)(C)c2ccccc2)C(=O)O[C@@H]2C[C@H](C)CC[C@H]2C(C)(C)c2ccccc2)C1)(c1ccccc1)C(F)(F)F. The Morgan fingerprint density at radius 1 is 0.581 bits per heavy atom. The van der Waals surface area contributed by atoms with Crippen LogP contribution in [0.5, 0.6) is 0 Å². The van der Waals surface area contributed by atoms with Gasteiger partial charge in [0.05, 0.1) is 0 Å². The molecule has 0 amide bonds. The van der Waals surface area contributed by atoms with Crippen LogP contribution in [0.3, 0.4) is 0 Å². The van der Waals surface area contributed by atoms with Crippen LogP contribution < -0.4 is 0 Å². The van der Waals surface area contributed by atoms with Crippen molar-refractivity contribution < 1.29 is 46.5 Å². The van der Waals surface area contributed by atoms with Crippen LogP contribution in [0, 0.1) is 41.4 Å². The van der Waals surface area contributed by atoms with Gasteiger partial charge in [-0.05, 0) is 83.8 Å². The van der Waals surface area contributed by atoms with Gasteiger partial charge < -0.3 is 18.9 Å². The fourth-order valence-corrected chi connectivity index (χ4v) is 10.8. The molecule has 2 saturated carbocycles. The van der Waals surface area contributed by atoms with Crippen molar-refractivity contribution in [3.63, 3.8) is 0 Å². The van der Waals surface area contributed by atoms with Crippen LogP contribution in [-0.2, 0) is 49.8 Å². The van der Waals surface area contributed by atoms with Crippen molar-refractivity contribution >= 4 is 17.9 Å². The minimum Gasteiger partial charge on any atom is -0.461 e. The number of carbonyl (C=O) groups excluding carboxylic acids is 3. The molecule has 0 spiro atoms. The largest absolute Gasteiger partial charge is 0.461 e. The van der Waals surface area contributed by atoms with E-state index in [1.807, 2.05) is 43.3 Å². The van der Waals surface area contributed by atoms with E-state index in [2.05, 4.69) is 65.8 Å². The van der Waals surface area contributed by atoms with E-state index < -0.39 is 71.3 Å². The second-order valence-electron chi connectivity index (χ2n) is 19.5. The molecule has 3 aliphatic carbocycles. The van der Waals surface area contributed by atoms with E-state index in [0.717, 1.165) is 43.9 Å². The van der Waals surface area contributed by atoms with Crippen molar-refractivity contribution in [2.75, 3.05) is 7.11 Å². The molecule has 10 atom stereocenters. The molecule has 0 aliphatic heterocycles. The van der Waals surface area contributed by atoms with Gasteiger partial charge in [-0.1, -0.05) is 158 Å². The summed E-state index contributed by atoms with van der Waals surface area (Å²) in [5, 5.41) is 0.